The van der Waals surface area contributed by atoms with Crippen molar-refractivity contribution in [3.8, 4) is 0 Å². The number of nitrogens with one attached hydrogen (secondary N) is 1. The molecule has 1 aliphatic rings. The van der Waals surface area contributed by atoms with Gasteiger partial charge < -0.3 is 14.7 Å². The Labute approximate surface area is 132 Å². The lowest BCUT2D eigenvalue weighted by molar-refractivity contribution is -0.126. The summed E-state index contributed by atoms with van der Waals surface area (Å²) in [7, 11) is 2.11. The molecule has 1 amide bonds. The number of hydrogen-bond acceptors (Lipinski definition) is 5. The maximum atomic E-state index is 12.3. The van der Waals surface area contributed by atoms with Gasteiger partial charge in [0.25, 0.3) is 0 Å². The molecule has 124 valence electrons. The van der Waals surface area contributed by atoms with Crippen LogP contribution in [-0.4, -0.2) is 60.1 Å². The number of aromatic nitrogens is 1. The smallest absolute Gasteiger partial charge is 0.237 e. The molecule has 2 heterocycles. The van der Waals surface area contributed by atoms with Crippen molar-refractivity contribution in [2.75, 3.05) is 33.2 Å². The van der Waals surface area contributed by atoms with Crippen LogP contribution < -0.4 is 5.32 Å². The predicted molar refractivity (Wildman–Crippen MR) is 85.4 cm³/mol. The van der Waals surface area contributed by atoms with Gasteiger partial charge >= 0.3 is 0 Å². The molecule has 1 atom stereocenters. The first-order chi connectivity index (χ1) is 10.5. The zero-order valence-corrected chi connectivity index (χ0v) is 14.1. The zero-order valence-electron chi connectivity index (χ0n) is 14.1. The number of piperazine rings is 1. The van der Waals surface area contributed by atoms with E-state index in [1.807, 2.05) is 13.0 Å². The van der Waals surface area contributed by atoms with Crippen LogP contribution in [0, 0.1) is 5.92 Å². The molecule has 2 rings (SSSR count). The Balaban J connectivity index is 1.78. The third-order valence-corrected chi connectivity index (χ3v) is 4.13. The van der Waals surface area contributed by atoms with Crippen molar-refractivity contribution in [3.05, 3.63) is 17.5 Å². The molecule has 1 saturated heterocycles. The summed E-state index contributed by atoms with van der Waals surface area (Å²) in [5.74, 6) is 1.31. The van der Waals surface area contributed by atoms with E-state index < -0.39 is 0 Å². The molecule has 1 fully saturated rings. The standard InChI is InChI=1S/C16H28N4O2/c1-12(2)9-14-10-15(22-18-14)11-17-16(21)13(3)20-7-5-19(4)6-8-20/h10,12-13H,5-9,11H2,1-4H3,(H,17,21)/t13-/m1/s1. The van der Waals surface area contributed by atoms with E-state index in [-0.39, 0.29) is 11.9 Å². The highest BCUT2D eigenvalue weighted by Gasteiger charge is 2.24. The van der Waals surface area contributed by atoms with Crippen LogP contribution in [0.1, 0.15) is 32.2 Å². The molecule has 1 aromatic rings. The maximum absolute atomic E-state index is 12.3. The van der Waals surface area contributed by atoms with Gasteiger partial charge in [0.05, 0.1) is 18.3 Å². The molecule has 6 nitrogen and oxygen atoms in total. The normalized spacial score (nSPS) is 18.6. The summed E-state index contributed by atoms with van der Waals surface area (Å²) in [6.07, 6.45) is 0.898. The van der Waals surface area contributed by atoms with Crippen LogP contribution in [0.25, 0.3) is 0 Å². The van der Waals surface area contributed by atoms with Crippen molar-refractivity contribution in [2.24, 2.45) is 5.92 Å². The Morgan fingerprint density at radius 3 is 2.64 bits per heavy atom. The monoisotopic (exact) mass is 308 g/mol. The van der Waals surface area contributed by atoms with Crippen LogP contribution in [0.2, 0.25) is 0 Å². The molecule has 0 bridgehead atoms. The summed E-state index contributed by atoms with van der Waals surface area (Å²) in [5.41, 5.74) is 0.950. The number of likely N-dealkylation sites (N-methyl/N-ethyl adjacent to an activating group) is 1. The molecule has 0 spiro atoms. The van der Waals surface area contributed by atoms with E-state index in [1.165, 1.54) is 0 Å². The van der Waals surface area contributed by atoms with Gasteiger partial charge in [0.15, 0.2) is 5.76 Å². The number of carbonyl (C=O) groups excluding carboxylic acids is 1. The number of carbonyl (C=O) groups is 1. The largest absolute Gasteiger partial charge is 0.359 e. The van der Waals surface area contributed by atoms with Crippen LogP contribution in [0.3, 0.4) is 0 Å². The maximum Gasteiger partial charge on any atom is 0.237 e. The quantitative estimate of drug-likeness (QED) is 0.853. The van der Waals surface area contributed by atoms with E-state index in [4.69, 9.17) is 4.52 Å². The molecule has 1 aliphatic heterocycles. The van der Waals surface area contributed by atoms with Gasteiger partial charge in [-0.3, -0.25) is 9.69 Å². The molecule has 1 N–H and O–H groups in total. The van der Waals surface area contributed by atoms with Gasteiger partial charge in [-0.2, -0.15) is 0 Å². The number of hydrogen-bond donors (Lipinski definition) is 1. The Morgan fingerprint density at radius 1 is 1.32 bits per heavy atom. The van der Waals surface area contributed by atoms with Gasteiger partial charge in [-0.1, -0.05) is 19.0 Å². The second kappa shape index (κ2) is 7.74. The van der Waals surface area contributed by atoms with E-state index >= 15 is 0 Å². The zero-order chi connectivity index (χ0) is 16.1. The second-order valence-electron chi connectivity index (χ2n) is 6.62. The first-order valence-corrected chi connectivity index (χ1v) is 8.10. The fraction of sp³-hybridized carbons (Fsp3) is 0.750. The number of rotatable bonds is 6. The molecule has 0 radical (unpaired) electrons. The minimum atomic E-state index is -0.105. The van der Waals surface area contributed by atoms with Gasteiger partial charge in [-0.05, 0) is 26.3 Å². The van der Waals surface area contributed by atoms with Gasteiger partial charge in [0.2, 0.25) is 5.91 Å². The molecular formula is C16H28N4O2. The Morgan fingerprint density at radius 2 is 2.00 bits per heavy atom. The van der Waals surface area contributed by atoms with Crippen molar-refractivity contribution in [2.45, 2.75) is 39.8 Å². The highest BCUT2D eigenvalue weighted by molar-refractivity contribution is 5.81. The minimum Gasteiger partial charge on any atom is -0.359 e. The summed E-state index contributed by atoms with van der Waals surface area (Å²) >= 11 is 0. The summed E-state index contributed by atoms with van der Waals surface area (Å²) < 4.78 is 5.27. The Hall–Kier alpha value is -1.40. The predicted octanol–water partition coefficient (Wildman–Crippen LogP) is 1.13. The van der Waals surface area contributed by atoms with Crippen molar-refractivity contribution in [1.29, 1.82) is 0 Å². The Bertz CT molecular complexity index is 478. The summed E-state index contributed by atoms with van der Waals surface area (Å²) in [6, 6.07) is 1.83. The first kappa shape index (κ1) is 17.0. The topological polar surface area (TPSA) is 61.6 Å². The summed E-state index contributed by atoms with van der Waals surface area (Å²) in [4.78, 5) is 16.8. The SMILES string of the molecule is CC(C)Cc1cc(CNC(=O)[C@@H](C)N2CCN(C)CC2)on1. The van der Waals surface area contributed by atoms with Crippen molar-refractivity contribution >= 4 is 5.91 Å². The van der Waals surface area contributed by atoms with Crippen LogP contribution in [0.15, 0.2) is 10.6 Å². The van der Waals surface area contributed by atoms with Gasteiger partial charge in [0, 0.05) is 32.2 Å². The van der Waals surface area contributed by atoms with E-state index in [0.717, 1.165) is 44.1 Å². The van der Waals surface area contributed by atoms with E-state index in [2.05, 4.69) is 41.2 Å². The fourth-order valence-corrected chi connectivity index (χ4v) is 2.65. The number of amides is 1. The van der Waals surface area contributed by atoms with E-state index in [1.54, 1.807) is 0 Å². The molecular weight excluding hydrogens is 280 g/mol. The lowest BCUT2D eigenvalue weighted by atomic mass is 10.1. The van der Waals surface area contributed by atoms with Crippen molar-refractivity contribution < 1.29 is 9.32 Å². The van der Waals surface area contributed by atoms with Crippen LogP contribution in [0.5, 0.6) is 0 Å². The molecule has 6 heteroatoms. The molecule has 22 heavy (non-hydrogen) atoms. The van der Waals surface area contributed by atoms with E-state index in [9.17, 15) is 4.79 Å². The molecule has 0 saturated carbocycles. The van der Waals surface area contributed by atoms with Crippen LogP contribution in [0.4, 0.5) is 0 Å². The Kier molecular flexibility index (Phi) is 5.97. The molecule has 1 aromatic heterocycles. The van der Waals surface area contributed by atoms with E-state index in [0.29, 0.717) is 12.5 Å². The third-order valence-electron chi connectivity index (χ3n) is 4.13. The van der Waals surface area contributed by atoms with Crippen molar-refractivity contribution in [1.82, 2.24) is 20.3 Å². The fourth-order valence-electron chi connectivity index (χ4n) is 2.65. The van der Waals surface area contributed by atoms with Crippen LogP contribution in [-0.2, 0) is 17.8 Å². The van der Waals surface area contributed by atoms with Gasteiger partial charge in [-0.15, -0.1) is 0 Å². The number of nitrogens with zero attached hydrogens (tertiary/aromatic N) is 3. The van der Waals surface area contributed by atoms with Crippen molar-refractivity contribution in [3.63, 3.8) is 0 Å². The summed E-state index contributed by atoms with van der Waals surface area (Å²) in [6.45, 7) is 10.6. The molecule has 0 aliphatic carbocycles. The lowest BCUT2D eigenvalue weighted by Crippen LogP contribution is -2.52. The summed E-state index contributed by atoms with van der Waals surface area (Å²) in [5, 5.41) is 6.98. The minimum absolute atomic E-state index is 0.0476. The van der Waals surface area contributed by atoms with Gasteiger partial charge in [0.1, 0.15) is 0 Å². The highest BCUT2D eigenvalue weighted by Crippen LogP contribution is 2.10. The van der Waals surface area contributed by atoms with Gasteiger partial charge in [-0.25, -0.2) is 0 Å². The third kappa shape index (κ3) is 4.81. The molecule has 0 unspecified atom stereocenters. The van der Waals surface area contributed by atoms with Crippen LogP contribution >= 0.6 is 0 Å². The highest BCUT2D eigenvalue weighted by atomic mass is 16.5. The molecule has 0 aromatic carbocycles. The second-order valence-corrected chi connectivity index (χ2v) is 6.62. The first-order valence-electron chi connectivity index (χ1n) is 8.10. The average molecular weight is 308 g/mol. The average Bonchev–Trinajstić information content (AvgIpc) is 2.91. The lowest BCUT2D eigenvalue weighted by Gasteiger charge is -2.35.